The fourth-order valence-corrected chi connectivity index (χ4v) is 5.31. The highest BCUT2D eigenvalue weighted by atomic mass is 16.5. The monoisotopic (exact) mass is 542 g/mol. The number of carboxylic acid groups (broad SMARTS) is 1. The minimum Gasteiger partial charge on any atom is -0.497 e. The molecule has 3 aliphatic heterocycles. The van der Waals surface area contributed by atoms with E-state index >= 15 is 0 Å². The number of hydrogen-bond donors (Lipinski definition) is 2. The minimum atomic E-state index is -0.931. The van der Waals surface area contributed by atoms with Crippen molar-refractivity contribution in [2.24, 2.45) is 0 Å². The standard InChI is InChI=1S/C31H34N4O5/c1-38-24-8-5-21(6-9-24)20-40-30-4-2-3-26(33-30)22-11-14-34(15-12-22)19-29-32-27-10-7-23(31(36)37)17-28(27)35(29)18-25-13-16-39-25/h2-11,17,25-26,33H,12-16,18-20H2,1H3,(H,36,37). The van der Waals surface area contributed by atoms with Gasteiger partial charge in [0.25, 0.3) is 0 Å². The number of allylic oxidation sites excluding steroid dienone is 2. The van der Waals surface area contributed by atoms with Gasteiger partial charge in [0, 0.05) is 19.7 Å². The second-order valence-corrected chi connectivity index (χ2v) is 10.4. The number of hydrogen-bond acceptors (Lipinski definition) is 7. The lowest BCUT2D eigenvalue weighted by Gasteiger charge is -2.31. The number of ether oxygens (including phenoxy) is 3. The van der Waals surface area contributed by atoms with Gasteiger partial charge in [-0.25, -0.2) is 9.78 Å². The number of fused-ring (bicyclic) bond motifs is 1. The van der Waals surface area contributed by atoms with Gasteiger partial charge in [-0.05, 0) is 60.4 Å². The number of carbonyl (C=O) groups is 1. The average molecular weight is 543 g/mol. The molecular weight excluding hydrogens is 508 g/mol. The summed E-state index contributed by atoms with van der Waals surface area (Å²) in [7, 11) is 1.66. The van der Waals surface area contributed by atoms with E-state index < -0.39 is 5.97 Å². The predicted molar refractivity (Wildman–Crippen MR) is 151 cm³/mol. The highest BCUT2D eigenvalue weighted by molar-refractivity contribution is 5.92. The van der Waals surface area contributed by atoms with Gasteiger partial charge in [-0.15, -0.1) is 0 Å². The number of nitrogens with one attached hydrogen (secondary N) is 1. The molecule has 3 aromatic rings. The molecule has 0 aliphatic carbocycles. The number of dihydropyridines is 1. The van der Waals surface area contributed by atoms with Gasteiger partial charge in [0.05, 0.1) is 48.9 Å². The molecule has 4 heterocycles. The highest BCUT2D eigenvalue weighted by Gasteiger charge is 2.25. The summed E-state index contributed by atoms with van der Waals surface area (Å²) in [5.74, 6) is 1.60. The van der Waals surface area contributed by atoms with Crippen molar-refractivity contribution >= 4 is 17.0 Å². The van der Waals surface area contributed by atoms with E-state index in [1.165, 1.54) is 5.57 Å². The Morgan fingerprint density at radius 2 is 2.08 bits per heavy atom. The molecule has 2 N–H and O–H groups in total. The molecule has 6 rings (SSSR count). The predicted octanol–water partition coefficient (Wildman–Crippen LogP) is 4.25. The molecule has 9 heteroatoms. The second-order valence-electron chi connectivity index (χ2n) is 10.4. The van der Waals surface area contributed by atoms with Crippen LogP contribution in [0.1, 0.15) is 34.6 Å². The summed E-state index contributed by atoms with van der Waals surface area (Å²) >= 11 is 0. The number of imidazole rings is 1. The smallest absolute Gasteiger partial charge is 0.335 e. The van der Waals surface area contributed by atoms with E-state index in [9.17, 15) is 9.90 Å². The molecule has 0 amide bonds. The zero-order chi connectivity index (χ0) is 27.5. The molecule has 0 saturated carbocycles. The third-order valence-corrected chi connectivity index (χ3v) is 7.75. The first-order valence-electron chi connectivity index (χ1n) is 13.7. The summed E-state index contributed by atoms with van der Waals surface area (Å²) < 4.78 is 19.1. The lowest BCUT2D eigenvalue weighted by Crippen LogP contribution is -2.37. The summed E-state index contributed by atoms with van der Waals surface area (Å²) in [6.07, 6.45) is 10.6. The molecular formula is C31H34N4O5. The van der Waals surface area contributed by atoms with Gasteiger partial charge in [0.2, 0.25) is 0 Å². The van der Waals surface area contributed by atoms with E-state index in [1.807, 2.05) is 36.4 Å². The van der Waals surface area contributed by atoms with Crippen molar-refractivity contribution in [1.82, 2.24) is 19.8 Å². The summed E-state index contributed by atoms with van der Waals surface area (Å²) in [5.41, 5.74) is 4.36. The number of rotatable bonds is 10. The van der Waals surface area contributed by atoms with Crippen LogP contribution in [0.15, 0.2) is 78.2 Å². The van der Waals surface area contributed by atoms with Crippen molar-refractivity contribution in [1.29, 1.82) is 0 Å². The Hall–Kier alpha value is -4.08. The molecule has 9 nitrogen and oxygen atoms in total. The average Bonchev–Trinajstić information content (AvgIpc) is 3.30. The van der Waals surface area contributed by atoms with E-state index in [-0.39, 0.29) is 17.7 Å². The molecule has 0 bridgehead atoms. The number of aromatic carboxylic acids is 1. The zero-order valence-corrected chi connectivity index (χ0v) is 22.6. The van der Waals surface area contributed by atoms with Crippen molar-refractivity contribution in [3.05, 3.63) is 95.2 Å². The Bertz CT molecular complexity index is 1470. The van der Waals surface area contributed by atoms with E-state index in [1.54, 1.807) is 25.3 Å². The molecule has 0 radical (unpaired) electrons. The Morgan fingerprint density at radius 3 is 2.77 bits per heavy atom. The lowest BCUT2D eigenvalue weighted by molar-refractivity contribution is -0.0591. The number of benzene rings is 2. The van der Waals surface area contributed by atoms with Crippen LogP contribution in [-0.4, -0.2) is 64.5 Å². The van der Waals surface area contributed by atoms with Crippen molar-refractivity contribution in [3.63, 3.8) is 0 Å². The summed E-state index contributed by atoms with van der Waals surface area (Å²) in [6.45, 7) is 4.37. The summed E-state index contributed by atoms with van der Waals surface area (Å²) in [6, 6.07) is 13.1. The van der Waals surface area contributed by atoms with Crippen molar-refractivity contribution < 1.29 is 24.1 Å². The number of carboxylic acids is 1. The van der Waals surface area contributed by atoms with Gasteiger partial charge < -0.3 is 29.2 Å². The third kappa shape index (κ3) is 5.76. The molecule has 208 valence electrons. The van der Waals surface area contributed by atoms with E-state index in [0.29, 0.717) is 19.7 Å². The SMILES string of the molecule is COc1ccc(COC2=CC=CC(C3=CCN(Cc4nc5ccc(C(=O)O)cc5n4CC4CCO4)CC3)N2)cc1. The van der Waals surface area contributed by atoms with Crippen molar-refractivity contribution in [2.45, 2.75) is 44.7 Å². The minimum absolute atomic E-state index is 0.104. The Balaban J connectivity index is 1.09. The van der Waals surface area contributed by atoms with Crippen molar-refractivity contribution in [3.8, 4) is 5.75 Å². The first-order valence-corrected chi connectivity index (χ1v) is 13.7. The number of methoxy groups -OCH3 is 1. The van der Waals surface area contributed by atoms with Crippen LogP contribution in [-0.2, 0) is 29.2 Å². The fourth-order valence-electron chi connectivity index (χ4n) is 5.31. The quantitative estimate of drug-likeness (QED) is 0.367. The van der Waals surface area contributed by atoms with Gasteiger partial charge in [-0.2, -0.15) is 0 Å². The van der Waals surface area contributed by atoms with E-state index in [2.05, 4.69) is 26.9 Å². The lowest BCUT2D eigenvalue weighted by atomic mass is 9.98. The van der Waals surface area contributed by atoms with Crippen LogP contribution in [0.4, 0.5) is 0 Å². The van der Waals surface area contributed by atoms with Gasteiger partial charge in [-0.3, -0.25) is 4.90 Å². The van der Waals surface area contributed by atoms with Gasteiger partial charge >= 0.3 is 5.97 Å². The van der Waals surface area contributed by atoms with Crippen LogP contribution in [0.5, 0.6) is 5.75 Å². The Labute approximate surface area is 233 Å². The van der Waals surface area contributed by atoms with E-state index in [4.69, 9.17) is 19.2 Å². The first kappa shape index (κ1) is 26.2. The summed E-state index contributed by atoms with van der Waals surface area (Å²) in [4.78, 5) is 18.8. The molecule has 1 saturated heterocycles. The molecule has 1 aromatic heterocycles. The molecule has 2 aromatic carbocycles. The van der Waals surface area contributed by atoms with Crippen LogP contribution in [0.25, 0.3) is 11.0 Å². The van der Waals surface area contributed by atoms with Gasteiger partial charge in [0.15, 0.2) is 5.88 Å². The van der Waals surface area contributed by atoms with Gasteiger partial charge in [0.1, 0.15) is 18.2 Å². The summed E-state index contributed by atoms with van der Waals surface area (Å²) in [5, 5.41) is 13.0. The normalized spacial score (nSPS) is 20.8. The number of aromatic nitrogens is 2. The third-order valence-electron chi connectivity index (χ3n) is 7.75. The van der Waals surface area contributed by atoms with Crippen LogP contribution in [0, 0.1) is 0 Å². The molecule has 2 atom stereocenters. The Morgan fingerprint density at radius 1 is 1.23 bits per heavy atom. The molecule has 2 unspecified atom stereocenters. The van der Waals surface area contributed by atoms with E-state index in [0.717, 1.165) is 66.6 Å². The molecule has 40 heavy (non-hydrogen) atoms. The largest absolute Gasteiger partial charge is 0.497 e. The topological polar surface area (TPSA) is 98.1 Å². The fraction of sp³-hybridized carbons (Fsp3) is 0.355. The second kappa shape index (κ2) is 11.6. The number of nitrogens with zero attached hydrogens (tertiary/aromatic N) is 3. The maximum Gasteiger partial charge on any atom is 0.335 e. The maximum absolute atomic E-state index is 11.6. The highest BCUT2D eigenvalue weighted by Crippen LogP contribution is 2.25. The van der Waals surface area contributed by atoms with Crippen LogP contribution < -0.4 is 10.1 Å². The van der Waals surface area contributed by atoms with Crippen molar-refractivity contribution in [2.75, 3.05) is 26.8 Å². The maximum atomic E-state index is 11.6. The molecule has 1 fully saturated rings. The first-order chi connectivity index (χ1) is 19.6. The zero-order valence-electron chi connectivity index (χ0n) is 22.6. The molecule has 0 spiro atoms. The van der Waals surface area contributed by atoms with Crippen LogP contribution in [0.2, 0.25) is 0 Å². The molecule has 3 aliphatic rings. The van der Waals surface area contributed by atoms with Crippen LogP contribution in [0.3, 0.4) is 0 Å². The Kier molecular flexibility index (Phi) is 7.57. The van der Waals surface area contributed by atoms with Crippen LogP contribution >= 0.6 is 0 Å². The van der Waals surface area contributed by atoms with Gasteiger partial charge in [-0.1, -0.05) is 30.4 Å².